The number of nitrogens with zero attached hydrogens (tertiary/aromatic N) is 2. The number of aromatic nitrogens is 2. The van der Waals surface area contributed by atoms with Gasteiger partial charge in [0.2, 0.25) is 11.8 Å². The number of hydrogen-bond donors (Lipinski definition) is 2. The highest BCUT2D eigenvalue weighted by Gasteiger charge is 2.11. The molecule has 2 amide bonds. The molecule has 3 aromatic rings. The fourth-order valence-electron chi connectivity index (χ4n) is 2.20. The van der Waals surface area contributed by atoms with Crippen molar-refractivity contribution in [3.8, 4) is 11.6 Å². The number of carbonyl (C=O) groups excluding carboxylic acids is 2. The van der Waals surface area contributed by atoms with Crippen molar-refractivity contribution < 1.29 is 14.3 Å². The van der Waals surface area contributed by atoms with Gasteiger partial charge in [-0.25, -0.2) is 4.98 Å². The lowest BCUT2D eigenvalue weighted by molar-refractivity contribution is -0.115. The molecule has 2 N–H and O–H groups in total. The summed E-state index contributed by atoms with van der Waals surface area (Å²) >= 11 is 5.96. The van der Waals surface area contributed by atoms with Crippen LogP contribution in [-0.4, -0.2) is 28.3 Å². The van der Waals surface area contributed by atoms with E-state index in [-0.39, 0.29) is 12.5 Å². The lowest BCUT2D eigenvalue weighted by Crippen LogP contribution is -2.33. The van der Waals surface area contributed by atoms with Gasteiger partial charge in [-0.15, -0.1) is 0 Å². The Bertz CT molecular complexity index is 950. The second-order valence-corrected chi connectivity index (χ2v) is 5.79. The molecule has 0 spiro atoms. The van der Waals surface area contributed by atoms with Crippen LogP contribution >= 0.6 is 11.6 Å². The van der Waals surface area contributed by atoms with Crippen molar-refractivity contribution in [2.24, 2.45) is 0 Å². The molecular weight excluding hydrogens is 368 g/mol. The molecule has 0 saturated heterocycles. The predicted molar refractivity (Wildman–Crippen MR) is 101 cm³/mol. The summed E-state index contributed by atoms with van der Waals surface area (Å²) in [4.78, 5) is 32.1. The summed E-state index contributed by atoms with van der Waals surface area (Å²) in [6.45, 7) is -0.195. The first kappa shape index (κ1) is 18.3. The molecule has 136 valence electrons. The molecule has 1 aromatic heterocycles. The molecule has 7 nitrogen and oxygen atoms in total. The first-order chi connectivity index (χ1) is 13.1. The minimum atomic E-state index is -0.421. The van der Waals surface area contributed by atoms with Crippen molar-refractivity contribution in [3.05, 3.63) is 77.7 Å². The van der Waals surface area contributed by atoms with Crippen LogP contribution in [-0.2, 0) is 4.79 Å². The molecule has 0 aliphatic carbocycles. The Morgan fingerprint density at radius 1 is 1.07 bits per heavy atom. The van der Waals surface area contributed by atoms with Gasteiger partial charge in [0, 0.05) is 24.1 Å². The molecule has 1 heterocycles. The van der Waals surface area contributed by atoms with E-state index in [9.17, 15) is 9.59 Å². The molecule has 0 fully saturated rings. The zero-order chi connectivity index (χ0) is 19.1. The number of nitrogens with one attached hydrogen (secondary N) is 2. The maximum Gasteiger partial charge on any atom is 0.253 e. The molecule has 0 atom stereocenters. The molecule has 8 heteroatoms. The fourth-order valence-corrected chi connectivity index (χ4v) is 2.42. The molecule has 0 radical (unpaired) electrons. The van der Waals surface area contributed by atoms with E-state index in [4.69, 9.17) is 16.3 Å². The van der Waals surface area contributed by atoms with E-state index in [0.717, 1.165) is 0 Å². The van der Waals surface area contributed by atoms with Gasteiger partial charge in [-0.1, -0.05) is 29.8 Å². The molecule has 0 unspecified atom stereocenters. The summed E-state index contributed by atoms with van der Waals surface area (Å²) in [6.07, 6.45) is 4.54. The topological polar surface area (TPSA) is 93.2 Å². The van der Waals surface area contributed by atoms with Gasteiger partial charge in [0.25, 0.3) is 5.91 Å². The van der Waals surface area contributed by atoms with Crippen LogP contribution in [0.2, 0.25) is 5.02 Å². The van der Waals surface area contributed by atoms with Crippen LogP contribution in [0.1, 0.15) is 10.4 Å². The lowest BCUT2D eigenvalue weighted by Gasteiger charge is -2.09. The highest BCUT2D eigenvalue weighted by Crippen LogP contribution is 2.22. The zero-order valence-corrected chi connectivity index (χ0v) is 14.8. The highest BCUT2D eigenvalue weighted by atomic mass is 35.5. The van der Waals surface area contributed by atoms with Crippen LogP contribution in [0.3, 0.4) is 0 Å². The first-order valence-corrected chi connectivity index (χ1v) is 8.36. The van der Waals surface area contributed by atoms with Crippen LogP contribution < -0.4 is 15.4 Å². The molecule has 3 rings (SSSR count). The molecular formula is C19H15ClN4O3. The molecule has 0 aliphatic rings. The summed E-state index contributed by atoms with van der Waals surface area (Å²) < 4.78 is 5.56. The van der Waals surface area contributed by atoms with Crippen LogP contribution in [0.4, 0.5) is 5.69 Å². The van der Waals surface area contributed by atoms with Gasteiger partial charge < -0.3 is 15.4 Å². The van der Waals surface area contributed by atoms with E-state index in [0.29, 0.717) is 27.9 Å². The first-order valence-electron chi connectivity index (χ1n) is 7.98. The van der Waals surface area contributed by atoms with E-state index in [1.807, 2.05) is 0 Å². The second-order valence-electron chi connectivity index (χ2n) is 5.38. The van der Waals surface area contributed by atoms with Crippen molar-refractivity contribution in [1.82, 2.24) is 15.3 Å². The predicted octanol–water partition coefficient (Wildman–Crippen LogP) is 3.29. The third-order valence-corrected chi connectivity index (χ3v) is 3.74. The molecule has 0 saturated carbocycles. The quantitative estimate of drug-likeness (QED) is 0.682. The second kappa shape index (κ2) is 8.77. The average Bonchev–Trinajstić information content (AvgIpc) is 2.67. The summed E-state index contributed by atoms with van der Waals surface area (Å²) in [5.41, 5.74) is 0.833. The number of ether oxygens (including phenoxy) is 1. The van der Waals surface area contributed by atoms with Gasteiger partial charge in [-0.05, 0) is 24.3 Å². The fraction of sp³-hybridized carbons (Fsp3) is 0.0526. The molecule has 2 aromatic carbocycles. The Kier molecular flexibility index (Phi) is 5.96. The average molecular weight is 383 g/mol. The number of hydrogen-bond acceptors (Lipinski definition) is 5. The maximum atomic E-state index is 12.1. The van der Waals surface area contributed by atoms with Gasteiger partial charge in [0.05, 0.1) is 23.3 Å². The Morgan fingerprint density at radius 2 is 1.93 bits per heavy atom. The van der Waals surface area contributed by atoms with Crippen LogP contribution in [0.25, 0.3) is 0 Å². The van der Waals surface area contributed by atoms with Crippen molar-refractivity contribution in [2.75, 3.05) is 11.9 Å². The minimum absolute atomic E-state index is 0.195. The summed E-state index contributed by atoms with van der Waals surface area (Å²) in [5, 5.41) is 5.54. The van der Waals surface area contributed by atoms with E-state index < -0.39 is 5.91 Å². The smallest absolute Gasteiger partial charge is 0.253 e. The Morgan fingerprint density at radius 3 is 2.70 bits per heavy atom. The largest absolute Gasteiger partial charge is 0.437 e. The Hall–Kier alpha value is -3.45. The summed E-state index contributed by atoms with van der Waals surface area (Å²) in [5.74, 6) is 0.0314. The Labute approximate surface area is 160 Å². The van der Waals surface area contributed by atoms with Gasteiger partial charge in [-0.3, -0.25) is 14.6 Å². The lowest BCUT2D eigenvalue weighted by atomic mass is 10.2. The third-order valence-electron chi connectivity index (χ3n) is 3.41. The standard InChI is InChI=1S/C19H15ClN4O3/c20-16-7-2-1-6-15(16)19(26)23-11-17(25)24-13-4-3-5-14(10-13)27-18-12-21-8-9-22-18/h1-10,12H,11H2,(H,23,26)(H,24,25). The van der Waals surface area contributed by atoms with Gasteiger partial charge in [0.15, 0.2) is 0 Å². The normalized spacial score (nSPS) is 10.1. The van der Waals surface area contributed by atoms with Crippen LogP contribution in [0.5, 0.6) is 11.6 Å². The van der Waals surface area contributed by atoms with E-state index >= 15 is 0 Å². The Balaban J connectivity index is 1.56. The van der Waals surface area contributed by atoms with Gasteiger partial charge >= 0.3 is 0 Å². The molecule has 0 bridgehead atoms. The molecule has 0 aliphatic heterocycles. The summed E-state index contributed by atoms with van der Waals surface area (Å²) in [6, 6.07) is 13.4. The SMILES string of the molecule is O=C(CNC(=O)c1ccccc1Cl)Nc1cccc(Oc2cnccn2)c1. The highest BCUT2D eigenvalue weighted by molar-refractivity contribution is 6.33. The van der Waals surface area contributed by atoms with Crippen LogP contribution in [0.15, 0.2) is 67.1 Å². The monoisotopic (exact) mass is 382 g/mol. The number of halogens is 1. The van der Waals surface area contributed by atoms with Gasteiger partial charge in [0.1, 0.15) is 5.75 Å². The van der Waals surface area contributed by atoms with Crippen molar-refractivity contribution in [2.45, 2.75) is 0 Å². The third kappa shape index (κ3) is 5.26. The van der Waals surface area contributed by atoms with E-state index in [2.05, 4.69) is 20.6 Å². The van der Waals surface area contributed by atoms with Crippen molar-refractivity contribution >= 4 is 29.1 Å². The molecule has 27 heavy (non-hydrogen) atoms. The van der Waals surface area contributed by atoms with E-state index in [1.165, 1.54) is 12.4 Å². The summed E-state index contributed by atoms with van der Waals surface area (Å²) in [7, 11) is 0. The van der Waals surface area contributed by atoms with Crippen molar-refractivity contribution in [1.29, 1.82) is 0 Å². The number of benzene rings is 2. The van der Waals surface area contributed by atoms with E-state index in [1.54, 1.807) is 54.7 Å². The number of amides is 2. The number of anilines is 1. The minimum Gasteiger partial charge on any atom is -0.437 e. The maximum absolute atomic E-state index is 12.1. The van der Waals surface area contributed by atoms with Gasteiger partial charge in [-0.2, -0.15) is 0 Å². The number of carbonyl (C=O) groups is 2. The number of rotatable bonds is 6. The van der Waals surface area contributed by atoms with Crippen molar-refractivity contribution in [3.63, 3.8) is 0 Å². The zero-order valence-electron chi connectivity index (χ0n) is 14.1. The van der Waals surface area contributed by atoms with Crippen LogP contribution in [0, 0.1) is 0 Å².